The molecule has 0 aliphatic carbocycles. The largest absolute Gasteiger partial charge is 0.303 e. The molecule has 0 saturated carbocycles. The van der Waals surface area contributed by atoms with E-state index in [0.717, 1.165) is 0 Å². The van der Waals surface area contributed by atoms with Gasteiger partial charge in [-0.15, -0.1) is 0 Å². The highest BCUT2D eigenvalue weighted by Crippen LogP contribution is 2.23. The van der Waals surface area contributed by atoms with Crippen molar-refractivity contribution in [3.05, 3.63) is 16.6 Å². The van der Waals surface area contributed by atoms with Crippen LogP contribution in [-0.2, 0) is 4.79 Å². The Morgan fingerprint density at radius 3 is 2.77 bits per heavy atom. The number of carbonyl (C=O) groups is 1. The molecular formula is C6H5N3O2S2. The standard InChI is InChI=1S/C6H5N3O2S2/c10-4-2-13-6(12)9(4)3-1-7-8-5(3)11/h1H,2H2,(H2,7,8,11). The summed E-state index contributed by atoms with van der Waals surface area (Å²) >= 11 is 6.19. The lowest BCUT2D eigenvalue weighted by molar-refractivity contribution is -0.115. The Labute approximate surface area is 82.5 Å². The van der Waals surface area contributed by atoms with Gasteiger partial charge in [0.05, 0.1) is 5.75 Å². The van der Waals surface area contributed by atoms with Gasteiger partial charge in [0.25, 0.3) is 5.56 Å². The number of anilines is 1. The number of aromatic nitrogens is 2. The first-order valence-electron chi connectivity index (χ1n) is 3.46. The molecule has 1 amide bonds. The summed E-state index contributed by atoms with van der Waals surface area (Å²) in [6.07, 6.45) is 1.43. The maximum absolute atomic E-state index is 11.3. The molecule has 2 rings (SSSR count). The Kier molecular flexibility index (Phi) is 1.97. The van der Waals surface area contributed by atoms with Crippen LogP contribution in [0.1, 0.15) is 0 Å². The van der Waals surface area contributed by atoms with Crippen LogP contribution in [0.2, 0.25) is 0 Å². The minimum absolute atomic E-state index is 0.153. The van der Waals surface area contributed by atoms with Gasteiger partial charge in [-0.25, -0.2) is 0 Å². The fraction of sp³-hybridized carbons (Fsp3) is 0.167. The molecule has 13 heavy (non-hydrogen) atoms. The van der Waals surface area contributed by atoms with E-state index in [4.69, 9.17) is 12.2 Å². The molecule has 0 atom stereocenters. The smallest absolute Gasteiger partial charge is 0.288 e. The SMILES string of the molecule is O=C1CSC(=S)N1c1c[nH][nH]c1=O. The van der Waals surface area contributed by atoms with Crippen LogP contribution in [0.25, 0.3) is 0 Å². The van der Waals surface area contributed by atoms with Gasteiger partial charge in [0.1, 0.15) is 10.0 Å². The molecule has 0 unspecified atom stereocenters. The third-order valence-electron chi connectivity index (χ3n) is 1.62. The number of hydrogen-bond acceptors (Lipinski definition) is 4. The van der Waals surface area contributed by atoms with Gasteiger partial charge >= 0.3 is 0 Å². The highest BCUT2D eigenvalue weighted by Gasteiger charge is 2.30. The van der Waals surface area contributed by atoms with Gasteiger partial charge in [0.2, 0.25) is 5.91 Å². The van der Waals surface area contributed by atoms with E-state index < -0.39 is 0 Å². The van der Waals surface area contributed by atoms with Crippen LogP contribution in [0.3, 0.4) is 0 Å². The molecule has 1 aliphatic heterocycles. The second-order valence-corrected chi connectivity index (χ2v) is 4.02. The van der Waals surface area contributed by atoms with E-state index >= 15 is 0 Å². The maximum atomic E-state index is 11.3. The van der Waals surface area contributed by atoms with Crippen LogP contribution in [0.5, 0.6) is 0 Å². The summed E-state index contributed by atoms with van der Waals surface area (Å²) in [7, 11) is 0. The van der Waals surface area contributed by atoms with E-state index in [0.29, 0.717) is 10.1 Å². The number of carbonyl (C=O) groups excluding carboxylic acids is 1. The van der Waals surface area contributed by atoms with Crippen LogP contribution in [-0.4, -0.2) is 26.2 Å². The van der Waals surface area contributed by atoms with Crippen molar-refractivity contribution in [1.29, 1.82) is 0 Å². The van der Waals surface area contributed by atoms with E-state index in [2.05, 4.69) is 10.2 Å². The summed E-state index contributed by atoms with van der Waals surface area (Å²) in [5.74, 6) is 0.156. The third kappa shape index (κ3) is 1.29. The van der Waals surface area contributed by atoms with Gasteiger partial charge in [0.15, 0.2) is 0 Å². The van der Waals surface area contributed by atoms with Crippen molar-refractivity contribution in [2.75, 3.05) is 10.7 Å². The van der Waals surface area contributed by atoms with Crippen molar-refractivity contribution < 1.29 is 4.79 Å². The van der Waals surface area contributed by atoms with Crippen LogP contribution in [0, 0.1) is 0 Å². The molecular weight excluding hydrogens is 210 g/mol. The first-order valence-corrected chi connectivity index (χ1v) is 4.85. The van der Waals surface area contributed by atoms with E-state index in [1.807, 2.05) is 0 Å². The van der Waals surface area contributed by atoms with E-state index in [9.17, 15) is 9.59 Å². The molecule has 0 bridgehead atoms. The minimum atomic E-state index is -0.335. The first-order chi connectivity index (χ1) is 6.20. The van der Waals surface area contributed by atoms with E-state index in [1.54, 1.807) is 0 Å². The molecule has 0 aromatic carbocycles. The summed E-state index contributed by atoms with van der Waals surface area (Å²) in [6.45, 7) is 0. The van der Waals surface area contributed by atoms with Gasteiger partial charge < -0.3 is 5.10 Å². The molecule has 0 radical (unpaired) electrons. The lowest BCUT2D eigenvalue weighted by Gasteiger charge is -2.09. The lowest BCUT2D eigenvalue weighted by Crippen LogP contribution is -2.31. The third-order valence-corrected chi connectivity index (χ3v) is 2.98. The molecule has 7 heteroatoms. The zero-order valence-electron chi connectivity index (χ0n) is 6.36. The Hall–Kier alpha value is -1.08. The molecule has 0 spiro atoms. The zero-order chi connectivity index (χ0) is 9.42. The maximum Gasteiger partial charge on any atom is 0.288 e. The van der Waals surface area contributed by atoms with Gasteiger partial charge in [-0.1, -0.05) is 24.0 Å². The molecule has 1 aromatic rings. The Balaban J connectivity index is 2.46. The molecule has 1 fully saturated rings. The number of hydrogen-bond donors (Lipinski definition) is 2. The Morgan fingerprint density at radius 2 is 2.31 bits per heavy atom. The van der Waals surface area contributed by atoms with Gasteiger partial charge in [-0.05, 0) is 0 Å². The number of nitrogens with one attached hydrogen (secondary N) is 2. The molecule has 2 N–H and O–H groups in total. The molecule has 5 nitrogen and oxygen atoms in total. The zero-order valence-corrected chi connectivity index (χ0v) is 8.00. The normalized spacial score (nSPS) is 17.1. The fourth-order valence-corrected chi connectivity index (χ4v) is 2.14. The van der Waals surface area contributed by atoms with Crippen LogP contribution >= 0.6 is 24.0 Å². The number of thioether (sulfide) groups is 1. The second kappa shape index (κ2) is 3.00. The summed E-state index contributed by atoms with van der Waals surface area (Å²) in [5.41, 5.74) is -0.0711. The Bertz CT molecular complexity index is 406. The number of thiocarbonyl (C=S) groups is 1. The average molecular weight is 215 g/mol. The Morgan fingerprint density at radius 1 is 1.54 bits per heavy atom. The van der Waals surface area contributed by atoms with Crippen LogP contribution in [0.15, 0.2) is 11.0 Å². The predicted octanol–water partition coefficient (Wildman–Crippen LogP) is 0.0677. The van der Waals surface area contributed by atoms with Gasteiger partial charge in [-0.2, -0.15) is 0 Å². The van der Waals surface area contributed by atoms with Crippen LogP contribution in [0.4, 0.5) is 5.69 Å². The van der Waals surface area contributed by atoms with Crippen molar-refractivity contribution in [3.63, 3.8) is 0 Å². The summed E-state index contributed by atoms with van der Waals surface area (Å²) in [5, 5.41) is 4.86. The highest BCUT2D eigenvalue weighted by molar-refractivity contribution is 8.24. The molecule has 1 aromatic heterocycles. The van der Waals surface area contributed by atoms with Crippen molar-refractivity contribution in [1.82, 2.24) is 10.2 Å². The molecule has 68 valence electrons. The van der Waals surface area contributed by atoms with E-state index in [-0.39, 0.29) is 17.2 Å². The molecule has 1 saturated heterocycles. The number of rotatable bonds is 1. The number of H-pyrrole nitrogens is 2. The molecule has 2 heterocycles. The van der Waals surface area contributed by atoms with Crippen LogP contribution < -0.4 is 10.5 Å². The first kappa shape index (κ1) is 8.52. The van der Waals surface area contributed by atoms with E-state index in [1.165, 1.54) is 22.9 Å². The fourth-order valence-electron chi connectivity index (χ4n) is 1.05. The quantitative estimate of drug-likeness (QED) is 0.650. The average Bonchev–Trinajstić information content (AvgIpc) is 2.60. The number of nitrogens with zero attached hydrogens (tertiary/aromatic N) is 1. The number of amides is 1. The lowest BCUT2D eigenvalue weighted by atomic mass is 10.4. The van der Waals surface area contributed by atoms with Crippen molar-refractivity contribution in [2.45, 2.75) is 0 Å². The van der Waals surface area contributed by atoms with Crippen molar-refractivity contribution in [3.8, 4) is 0 Å². The topological polar surface area (TPSA) is 69.0 Å². The summed E-state index contributed by atoms with van der Waals surface area (Å²) in [4.78, 5) is 23.7. The summed E-state index contributed by atoms with van der Waals surface area (Å²) < 4.78 is 0.426. The minimum Gasteiger partial charge on any atom is -0.303 e. The highest BCUT2D eigenvalue weighted by atomic mass is 32.2. The molecule has 1 aliphatic rings. The second-order valence-electron chi connectivity index (χ2n) is 2.41. The predicted molar refractivity (Wildman–Crippen MR) is 54.0 cm³/mol. The number of aromatic amines is 2. The summed E-state index contributed by atoms with van der Waals surface area (Å²) in [6, 6.07) is 0. The van der Waals surface area contributed by atoms with Gasteiger partial charge in [0, 0.05) is 6.20 Å². The van der Waals surface area contributed by atoms with Gasteiger partial charge in [-0.3, -0.25) is 19.6 Å². The monoisotopic (exact) mass is 215 g/mol. The van der Waals surface area contributed by atoms with Crippen molar-refractivity contribution >= 4 is 39.9 Å². The van der Waals surface area contributed by atoms with Crippen molar-refractivity contribution in [2.24, 2.45) is 0 Å².